The van der Waals surface area contributed by atoms with E-state index in [0.29, 0.717) is 6.54 Å². The number of piperidine rings is 1. The van der Waals surface area contributed by atoms with Crippen LogP contribution in [-0.4, -0.2) is 31.6 Å². The Bertz CT molecular complexity index is 563. The second kappa shape index (κ2) is 7.97. The van der Waals surface area contributed by atoms with Crippen LogP contribution in [0.2, 0.25) is 0 Å². The van der Waals surface area contributed by atoms with Gasteiger partial charge in [0, 0.05) is 31.4 Å². The fraction of sp³-hybridized carbons (Fsp3) is 0.632. The molecule has 1 heterocycles. The molecule has 1 fully saturated rings. The number of halogens is 1. The number of anilines is 1. The first-order valence-electron chi connectivity index (χ1n) is 8.98. The third kappa shape index (κ3) is 3.89. The molecule has 1 aliphatic heterocycles. The summed E-state index contributed by atoms with van der Waals surface area (Å²) >= 11 is 0. The van der Waals surface area contributed by atoms with Crippen molar-refractivity contribution in [2.24, 2.45) is 11.1 Å². The maximum absolute atomic E-state index is 13.3. The number of hydrogen-bond donors (Lipinski definition) is 2. The number of hydrogen-bond acceptors (Lipinski definition) is 3. The zero-order valence-electron chi connectivity index (χ0n) is 15.1. The maximum atomic E-state index is 13.3. The lowest BCUT2D eigenvalue weighted by atomic mass is 9.81. The van der Waals surface area contributed by atoms with E-state index in [1.807, 2.05) is 26.8 Å². The highest BCUT2D eigenvalue weighted by atomic mass is 19.1. The van der Waals surface area contributed by atoms with Crippen LogP contribution in [0.5, 0.6) is 0 Å². The Kier molecular flexibility index (Phi) is 6.21. The van der Waals surface area contributed by atoms with E-state index in [9.17, 15) is 9.18 Å². The monoisotopic (exact) mass is 335 g/mol. The number of rotatable bonds is 6. The van der Waals surface area contributed by atoms with Gasteiger partial charge < -0.3 is 16.0 Å². The van der Waals surface area contributed by atoms with Crippen molar-refractivity contribution >= 4 is 11.6 Å². The highest BCUT2D eigenvalue weighted by Gasteiger charge is 2.35. The molecule has 5 heteroatoms. The van der Waals surface area contributed by atoms with Crippen LogP contribution in [0.25, 0.3) is 0 Å². The first-order chi connectivity index (χ1) is 11.5. The van der Waals surface area contributed by atoms with E-state index >= 15 is 0 Å². The molecular weight excluding hydrogens is 305 g/mol. The molecule has 0 bridgehead atoms. The number of benzene rings is 1. The molecule has 24 heavy (non-hydrogen) atoms. The number of nitrogens with two attached hydrogens (primary N) is 1. The van der Waals surface area contributed by atoms with E-state index < -0.39 is 5.41 Å². The van der Waals surface area contributed by atoms with Gasteiger partial charge in [-0.3, -0.25) is 4.79 Å². The molecule has 0 aliphatic carbocycles. The van der Waals surface area contributed by atoms with Crippen molar-refractivity contribution in [1.29, 1.82) is 0 Å². The van der Waals surface area contributed by atoms with E-state index in [4.69, 9.17) is 5.73 Å². The van der Waals surface area contributed by atoms with E-state index in [1.165, 1.54) is 6.07 Å². The summed E-state index contributed by atoms with van der Waals surface area (Å²) in [5.41, 5.74) is 7.39. The van der Waals surface area contributed by atoms with E-state index in [1.54, 1.807) is 6.07 Å². The van der Waals surface area contributed by atoms with Gasteiger partial charge in [-0.1, -0.05) is 13.8 Å². The Balaban J connectivity index is 2.07. The number of carbonyl (C=O) groups is 1. The van der Waals surface area contributed by atoms with Crippen molar-refractivity contribution in [2.45, 2.75) is 52.5 Å². The Morgan fingerprint density at radius 2 is 2.12 bits per heavy atom. The minimum absolute atomic E-state index is 0.0673. The van der Waals surface area contributed by atoms with E-state index in [2.05, 4.69) is 10.2 Å². The standard InChI is InChI=1S/C19H30FN3O/c1-4-19(5-2,13-21)18(24)22-16-7-6-10-23(12-16)17-9-8-15(20)11-14(17)3/h8-9,11,16H,4-7,10,12-13,21H2,1-3H3,(H,22,24). The molecule has 0 aromatic heterocycles. The summed E-state index contributed by atoms with van der Waals surface area (Å²) in [5.74, 6) is -0.144. The van der Waals surface area contributed by atoms with Crippen molar-refractivity contribution in [3.05, 3.63) is 29.6 Å². The highest BCUT2D eigenvalue weighted by molar-refractivity contribution is 5.83. The molecule has 2 rings (SSSR count). The Hall–Kier alpha value is -1.62. The predicted octanol–water partition coefficient (Wildman–Crippen LogP) is 2.98. The zero-order valence-corrected chi connectivity index (χ0v) is 15.1. The van der Waals surface area contributed by atoms with Gasteiger partial charge in [-0.15, -0.1) is 0 Å². The van der Waals surface area contributed by atoms with Crippen molar-refractivity contribution in [1.82, 2.24) is 5.32 Å². The van der Waals surface area contributed by atoms with Crippen molar-refractivity contribution in [2.75, 3.05) is 24.5 Å². The van der Waals surface area contributed by atoms with E-state index in [0.717, 1.165) is 50.0 Å². The summed E-state index contributed by atoms with van der Waals surface area (Å²) in [4.78, 5) is 15.0. The largest absolute Gasteiger partial charge is 0.369 e. The number of carbonyl (C=O) groups excluding carboxylic acids is 1. The first-order valence-corrected chi connectivity index (χ1v) is 8.98. The van der Waals surface area contributed by atoms with Gasteiger partial charge in [0.2, 0.25) is 5.91 Å². The molecule has 0 saturated carbocycles. The van der Waals surface area contributed by atoms with Crippen LogP contribution in [0.3, 0.4) is 0 Å². The SMILES string of the molecule is CCC(CC)(CN)C(=O)NC1CCCN(c2ccc(F)cc2C)C1. The molecule has 1 aromatic rings. The van der Waals surface area contributed by atoms with Crippen LogP contribution in [0.15, 0.2) is 18.2 Å². The average Bonchev–Trinajstić information content (AvgIpc) is 2.57. The number of nitrogens with zero attached hydrogens (tertiary/aromatic N) is 1. The first kappa shape index (κ1) is 18.7. The molecule has 1 saturated heterocycles. The van der Waals surface area contributed by atoms with Gasteiger partial charge in [-0.2, -0.15) is 0 Å². The van der Waals surface area contributed by atoms with Gasteiger partial charge in [-0.25, -0.2) is 4.39 Å². The fourth-order valence-electron chi connectivity index (χ4n) is 3.58. The molecule has 1 unspecified atom stereocenters. The van der Waals surface area contributed by atoms with Crippen LogP contribution >= 0.6 is 0 Å². The van der Waals surface area contributed by atoms with Crippen molar-refractivity contribution in [3.8, 4) is 0 Å². The Labute approximate surface area is 144 Å². The number of nitrogens with one attached hydrogen (secondary N) is 1. The van der Waals surface area contributed by atoms with Gasteiger partial charge in [0.15, 0.2) is 0 Å². The van der Waals surface area contributed by atoms with Crippen LogP contribution in [0.4, 0.5) is 10.1 Å². The third-order valence-electron chi connectivity index (χ3n) is 5.48. The summed E-state index contributed by atoms with van der Waals surface area (Å²) < 4.78 is 13.3. The predicted molar refractivity (Wildman–Crippen MR) is 96.6 cm³/mol. The van der Waals surface area contributed by atoms with Crippen LogP contribution in [0, 0.1) is 18.2 Å². The van der Waals surface area contributed by atoms with Gasteiger partial charge in [-0.05, 0) is 56.4 Å². The lowest BCUT2D eigenvalue weighted by Gasteiger charge is -2.38. The summed E-state index contributed by atoms with van der Waals surface area (Å²) in [5, 5.41) is 3.21. The fourth-order valence-corrected chi connectivity index (χ4v) is 3.58. The summed E-state index contributed by atoms with van der Waals surface area (Å²) in [6.45, 7) is 8.03. The quantitative estimate of drug-likeness (QED) is 0.840. The summed E-state index contributed by atoms with van der Waals surface area (Å²) in [6.07, 6.45) is 3.48. The third-order valence-corrected chi connectivity index (χ3v) is 5.48. The minimum Gasteiger partial charge on any atom is -0.369 e. The number of aryl methyl sites for hydroxylation is 1. The Morgan fingerprint density at radius 1 is 1.42 bits per heavy atom. The Morgan fingerprint density at radius 3 is 2.71 bits per heavy atom. The molecule has 1 amide bonds. The van der Waals surface area contributed by atoms with Crippen LogP contribution < -0.4 is 16.0 Å². The van der Waals surface area contributed by atoms with Gasteiger partial charge >= 0.3 is 0 Å². The zero-order chi connectivity index (χ0) is 17.7. The van der Waals surface area contributed by atoms with Crippen LogP contribution in [-0.2, 0) is 4.79 Å². The average molecular weight is 335 g/mol. The summed E-state index contributed by atoms with van der Waals surface area (Å²) in [6, 6.07) is 5.00. The minimum atomic E-state index is -0.464. The lowest BCUT2D eigenvalue weighted by Crippen LogP contribution is -2.53. The molecule has 0 spiro atoms. The second-order valence-corrected chi connectivity index (χ2v) is 6.88. The van der Waals surface area contributed by atoms with Crippen LogP contribution in [0.1, 0.15) is 45.1 Å². The van der Waals surface area contributed by atoms with Gasteiger partial charge in [0.1, 0.15) is 5.82 Å². The second-order valence-electron chi connectivity index (χ2n) is 6.88. The van der Waals surface area contributed by atoms with Crippen molar-refractivity contribution < 1.29 is 9.18 Å². The molecule has 1 aliphatic rings. The van der Waals surface area contributed by atoms with Gasteiger partial charge in [0.05, 0.1) is 5.41 Å². The molecule has 4 nitrogen and oxygen atoms in total. The van der Waals surface area contributed by atoms with Gasteiger partial charge in [0.25, 0.3) is 0 Å². The molecule has 134 valence electrons. The smallest absolute Gasteiger partial charge is 0.227 e. The molecule has 1 atom stereocenters. The summed E-state index contributed by atoms with van der Waals surface area (Å²) in [7, 11) is 0. The highest BCUT2D eigenvalue weighted by Crippen LogP contribution is 2.27. The molecule has 1 aromatic carbocycles. The molecular formula is C19H30FN3O. The topological polar surface area (TPSA) is 58.4 Å². The molecule has 3 N–H and O–H groups in total. The van der Waals surface area contributed by atoms with E-state index in [-0.39, 0.29) is 17.8 Å². The normalized spacial score (nSPS) is 18.5. The maximum Gasteiger partial charge on any atom is 0.227 e. The number of amides is 1. The molecule has 0 radical (unpaired) electrons. The lowest BCUT2D eigenvalue weighted by molar-refractivity contribution is -0.131. The van der Waals surface area contributed by atoms with Crippen molar-refractivity contribution in [3.63, 3.8) is 0 Å².